The van der Waals surface area contributed by atoms with Crippen molar-refractivity contribution in [3.63, 3.8) is 0 Å². The maximum atomic E-state index is 11.8. The smallest absolute Gasteiger partial charge is 0.337 e. The van der Waals surface area contributed by atoms with Crippen LogP contribution in [0.5, 0.6) is 0 Å². The van der Waals surface area contributed by atoms with E-state index in [2.05, 4.69) is 10.6 Å². The van der Waals surface area contributed by atoms with Crippen molar-refractivity contribution in [1.82, 2.24) is 10.6 Å². The van der Waals surface area contributed by atoms with Gasteiger partial charge in [-0.15, -0.1) is 0 Å². The van der Waals surface area contributed by atoms with Gasteiger partial charge in [0.1, 0.15) is 0 Å². The van der Waals surface area contributed by atoms with Gasteiger partial charge in [-0.05, 0) is 13.3 Å². The van der Waals surface area contributed by atoms with Gasteiger partial charge in [0, 0.05) is 23.3 Å². The molecule has 0 saturated carbocycles. The van der Waals surface area contributed by atoms with Crippen LogP contribution in [0.15, 0.2) is 11.3 Å². The van der Waals surface area contributed by atoms with Crippen LogP contribution in [0.1, 0.15) is 20.3 Å². The number of aliphatic hydroxyl groups excluding tert-OH is 1. The first-order chi connectivity index (χ1) is 9.08. The average molecular weight is 288 g/mol. The number of carbonyl (C=O) groups is 2. The van der Waals surface area contributed by atoms with Gasteiger partial charge in [0.05, 0.1) is 18.7 Å². The SMILES string of the molecule is CCOC(=O)C1=C(CSC(C)CCO)NC(=O)NC1. The summed E-state index contributed by atoms with van der Waals surface area (Å²) in [6.07, 6.45) is 0.679. The van der Waals surface area contributed by atoms with Crippen LogP contribution in [0.4, 0.5) is 4.79 Å². The molecule has 0 aliphatic carbocycles. The molecule has 0 spiro atoms. The summed E-state index contributed by atoms with van der Waals surface area (Å²) in [5.41, 5.74) is 1.06. The van der Waals surface area contributed by atoms with Crippen LogP contribution < -0.4 is 10.6 Å². The van der Waals surface area contributed by atoms with E-state index < -0.39 is 5.97 Å². The normalized spacial score (nSPS) is 16.7. The Hall–Kier alpha value is -1.21. The molecule has 6 nitrogen and oxygen atoms in total. The highest BCUT2D eigenvalue weighted by atomic mass is 32.2. The number of hydrogen-bond donors (Lipinski definition) is 3. The van der Waals surface area contributed by atoms with Crippen molar-refractivity contribution in [3.05, 3.63) is 11.3 Å². The number of rotatable bonds is 7. The molecule has 2 amide bonds. The Morgan fingerprint density at radius 1 is 1.58 bits per heavy atom. The van der Waals surface area contributed by atoms with Gasteiger partial charge in [-0.1, -0.05) is 6.92 Å². The summed E-state index contributed by atoms with van der Waals surface area (Å²) in [5.74, 6) is 0.114. The maximum absolute atomic E-state index is 11.8. The highest BCUT2D eigenvalue weighted by Gasteiger charge is 2.23. The fraction of sp³-hybridized carbons (Fsp3) is 0.667. The van der Waals surface area contributed by atoms with Gasteiger partial charge in [0.15, 0.2) is 0 Å². The van der Waals surface area contributed by atoms with E-state index in [1.807, 2.05) is 6.92 Å². The summed E-state index contributed by atoms with van der Waals surface area (Å²) >= 11 is 1.58. The second-order valence-corrected chi connectivity index (χ2v) is 5.55. The number of carbonyl (C=O) groups excluding carboxylic acids is 2. The largest absolute Gasteiger partial charge is 0.463 e. The quantitative estimate of drug-likeness (QED) is 0.598. The lowest BCUT2D eigenvalue weighted by Crippen LogP contribution is -2.44. The van der Waals surface area contributed by atoms with E-state index in [0.717, 1.165) is 0 Å². The van der Waals surface area contributed by atoms with E-state index in [-0.39, 0.29) is 24.4 Å². The minimum Gasteiger partial charge on any atom is -0.463 e. The Kier molecular flexibility index (Phi) is 6.72. The topological polar surface area (TPSA) is 87.7 Å². The van der Waals surface area contributed by atoms with E-state index >= 15 is 0 Å². The zero-order chi connectivity index (χ0) is 14.3. The summed E-state index contributed by atoms with van der Waals surface area (Å²) in [7, 11) is 0. The third-order valence-electron chi connectivity index (χ3n) is 2.62. The summed E-state index contributed by atoms with van der Waals surface area (Å²) in [6, 6.07) is -0.307. The molecule has 0 saturated heterocycles. The lowest BCUT2D eigenvalue weighted by Gasteiger charge is -2.22. The van der Waals surface area contributed by atoms with E-state index in [4.69, 9.17) is 9.84 Å². The Bertz CT molecular complexity index is 371. The molecule has 1 aliphatic heterocycles. The number of hydrogen-bond acceptors (Lipinski definition) is 5. The molecule has 19 heavy (non-hydrogen) atoms. The monoisotopic (exact) mass is 288 g/mol. The number of thioether (sulfide) groups is 1. The number of amides is 2. The highest BCUT2D eigenvalue weighted by molar-refractivity contribution is 8.00. The molecule has 1 rings (SSSR count). The predicted molar refractivity (Wildman–Crippen MR) is 73.8 cm³/mol. The van der Waals surface area contributed by atoms with Crippen LogP contribution >= 0.6 is 11.8 Å². The first-order valence-electron chi connectivity index (χ1n) is 6.25. The van der Waals surface area contributed by atoms with Crippen molar-refractivity contribution in [2.45, 2.75) is 25.5 Å². The van der Waals surface area contributed by atoms with Gasteiger partial charge >= 0.3 is 12.0 Å². The molecule has 1 atom stereocenters. The van der Waals surface area contributed by atoms with Crippen LogP contribution in [-0.2, 0) is 9.53 Å². The van der Waals surface area contributed by atoms with Gasteiger partial charge < -0.3 is 20.5 Å². The summed E-state index contributed by atoms with van der Waals surface area (Å²) in [6.45, 7) is 4.36. The lowest BCUT2D eigenvalue weighted by molar-refractivity contribution is -0.138. The molecule has 7 heteroatoms. The van der Waals surface area contributed by atoms with E-state index in [0.29, 0.717) is 30.1 Å². The lowest BCUT2D eigenvalue weighted by atomic mass is 10.2. The third kappa shape index (κ3) is 5.12. The fourth-order valence-electron chi connectivity index (χ4n) is 1.56. The van der Waals surface area contributed by atoms with Gasteiger partial charge in [-0.25, -0.2) is 9.59 Å². The number of urea groups is 1. The molecule has 0 aromatic rings. The number of esters is 1. The number of nitrogens with one attached hydrogen (secondary N) is 2. The Balaban J connectivity index is 2.70. The van der Waals surface area contributed by atoms with Crippen molar-refractivity contribution in [3.8, 4) is 0 Å². The van der Waals surface area contributed by atoms with Crippen LogP contribution in [-0.4, -0.2) is 47.9 Å². The molecule has 1 aliphatic rings. The van der Waals surface area contributed by atoms with Crippen molar-refractivity contribution in [1.29, 1.82) is 0 Å². The zero-order valence-corrected chi connectivity index (χ0v) is 12.0. The first kappa shape index (κ1) is 15.8. The molecule has 0 aromatic carbocycles. The Labute approximate surface area is 117 Å². The van der Waals surface area contributed by atoms with E-state index in [1.165, 1.54) is 0 Å². The van der Waals surface area contributed by atoms with Gasteiger partial charge in [-0.3, -0.25) is 0 Å². The third-order valence-corrected chi connectivity index (χ3v) is 3.88. The number of aliphatic hydroxyl groups is 1. The second kappa shape index (κ2) is 8.06. The van der Waals surface area contributed by atoms with E-state index in [9.17, 15) is 9.59 Å². The van der Waals surface area contributed by atoms with Crippen molar-refractivity contribution >= 4 is 23.8 Å². The Morgan fingerprint density at radius 2 is 2.32 bits per heavy atom. The molecule has 0 radical (unpaired) electrons. The van der Waals surface area contributed by atoms with Gasteiger partial charge in [-0.2, -0.15) is 11.8 Å². The Morgan fingerprint density at radius 3 is 2.95 bits per heavy atom. The molecule has 1 unspecified atom stereocenters. The molecular formula is C12H20N2O4S. The summed E-state index contributed by atoms with van der Waals surface area (Å²) in [4.78, 5) is 23.1. The molecule has 0 fully saturated rings. The van der Waals surface area contributed by atoms with Crippen LogP contribution in [0.3, 0.4) is 0 Å². The molecule has 3 N–H and O–H groups in total. The van der Waals surface area contributed by atoms with Gasteiger partial charge in [0.2, 0.25) is 0 Å². The summed E-state index contributed by atoms with van der Waals surface area (Å²) < 4.78 is 4.96. The van der Waals surface area contributed by atoms with E-state index in [1.54, 1.807) is 18.7 Å². The molecular weight excluding hydrogens is 268 g/mol. The second-order valence-electron chi connectivity index (χ2n) is 4.12. The zero-order valence-electron chi connectivity index (χ0n) is 11.2. The average Bonchev–Trinajstić information content (AvgIpc) is 2.37. The minimum atomic E-state index is -0.402. The molecule has 0 aromatic heterocycles. The van der Waals surface area contributed by atoms with Crippen molar-refractivity contribution in [2.75, 3.05) is 25.5 Å². The number of ether oxygens (including phenoxy) is 1. The molecule has 1 heterocycles. The minimum absolute atomic E-state index is 0.131. The van der Waals surface area contributed by atoms with Crippen molar-refractivity contribution in [2.24, 2.45) is 0 Å². The van der Waals surface area contributed by atoms with Crippen LogP contribution in [0, 0.1) is 0 Å². The first-order valence-corrected chi connectivity index (χ1v) is 7.29. The fourth-order valence-corrected chi connectivity index (χ4v) is 2.53. The molecule has 0 bridgehead atoms. The van der Waals surface area contributed by atoms with Crippen LogP contribution in [0.2, 0.25) is 0 Å². The maximum Gasteiger partial charge on any atom is 0.337 e. The summed E-state index contributed by atoms with van der Waals surface area (Å²) in [5, 5.41) is 14.3. The van der Waals surface area contributed by atoms with Crippen LogP contribution in [0.25, 0.3) is 0 Å². The molecule has 108 valence electrons. The van der Waals surface area contributed by atoms with Crippen molar-refractivity contribution < 1.29 is 19.4 Å². The highest BCUT2D eigenvalue weighted by Crippen LogP contribution is 2.19. The standard InChI is InChI=1S/C12H20N2O4S/c1-3-18-11(16)9-6-13-12(17)14-10(9)7-19-8(2)4-5-15/h8,15H,3-7H2,1-2H3,(H2,13,14,17). The predicted octanol–water partition coefficient (Wildman–Crippen LogP) is 0.621. The van der Waals surface area contributed by atoms with Gasteiger partial charge in [0.25, 0.3) is 0 Å².